The molecule has 2 heterocycles. The third-order valence-electron chi connectivity index (χ3n) is 5.66. The van der Waals surface area contributed by atoms with Crippen molar-refractivity contribution < 1.29 is 23.5 Å². The molecular weight excluding hydrogens is 429 g/mol. The number of carbonyl (C=O) groups is 3. The van der Waals surface area contributed by atoms with Gasteiger partial charge in [-0.05, 0) is 37.3 Å². The van der Waals surface area contributed by atoms with Crippen LogP contribution >= 0.6 is 0 Å². The van der Waals surface area contributed by atoms with E-state index in [-0.39, 0.29) is 47.4 Å². The van der Waals surface area contributed by atoms with Gasteiger partial charge in [-0.15, -0.1) is 0 Å². The van der Waals surface area contributed by atoms with Crippen LogP contribution in [0.3, 0.4) is 0 Å². The quantitative estimate of drug-likeness (QED) is 0.457. The Kier molecular flexibility index (Phi) is 7.53. The Labute approximate surface area is 191 Å². The number of nitrogens with zero attached hydrogens (tertiary/aromatic N) is 1. The number of methoxy groups -OCH3 is 1. The van der Waals surface area contributed by atoms with E-state index < -0.39 is 29.7 Å². The van der Waals surface area contributed by atoms with Gasteiger partial charge >= 0.3 is 0 Å². The lowest BCUT2D eigenvalue weighted by atomic mass is 9.98. The summed E-state index contributed by atoms with van der Waals surface area (Å²) < 4.78 is 20.2. The summed E-state index contributed by atoms with van der Waals surface area (Å²) in [5, 5.41) is 17.5. The molecule has 4 N–H and O–H groups in total. The van der Waals surface area contributed by atoms with Crippen LogP contribution in [0.15, 0.2) is 18.2 Å². The molecule has 176 valence electrons. The lowest BCUT2D eigenvalue weighted by molar-refractivity contribution is -0.125. The van der Waals surface area contributed by atoms with Gasteiger partial charge in [0.05, 0.1) is 24.1 Å². The van der Waals surface area contributed by atoms with Crippen LogP contribution in [0, 0.1) is 29.0 Å². The largest absolute Gasteiger partial charge is 0.496 e. The molecule has 2 aromatic rings. The Bertz CT molecular complexity index is 1090. The Morgan fingerprint density at radius 1 is 1.33 bits per heavy atom. The van der Waals surface area contributed by atoms with Crippen LogP contribution in [0.25, 0.3) is 10.9 Å². The van der Waals surface area contributed by atoms with Crippen LogP contribution in [-0.4, -0.2) is 48.4 Å². The Morgan fingerprint density at radius 2 is 2.09 bits per heavy atom. The molecule has 0 saturated carbocycles. The number of nitrogens with one attached hydrogen (secondary N) is 4. The zero-order valence-electron chi connectivity index (χ0n) is 18.8. The molecule has 0 aliphatic carbocycles. The fourth-order valence-corrected chi connectivity index (χ4v) is 4.01. The molecule has 1 aliphatic rings. The molecule has 0 radical (unpaired) electrons. The SMILES string of the molecule is COc1cccc2[nH]c(C(=O)NC(CC(C)C)C(=O)NC(C#N)C[C@@H]3CCNC3=O)c(F)c12. The summed E-state index contributed by atoms with van der Waals surface area (Å²) in [4.78, 5) is 40.4. The molecule has 3 rings (SSSR count). The summed E-state index contributed by atoms with van der Waals surface area (Å²) in [5.41, 5.74) is 0.0803. The van der Waals surface area contributed by atoms with Crippen molar-refractivity contribution in [1.82, 2.24) is 20.9 Å². The van der Waals surface area contributed by atoms with Crippen molar-refractivity contribution in [2.24, 2.45) is 11.8 Å². The Hall–Kier alpha value is -3.61. The molecule has 2 unspecified atom stereocenters. The minimum atomic E-state index is -0.988. The zero-order chi connectivity index (χ0) is 24.1. The fraction of sp³-hybridized carbons (Fsp3) is 0.478. The van der Waals surface area contributed by atoms with Crippen molar-refractivity contribution in [3.63, 3.8) is 0 Å². The van der Waals surface area contributed by atoms with Gasteiger partial charge in [0.15, 0.2) is 5.82 Å². The molecule has 1 aromatic carbocycles. The van der Waals surface area contributed by atoms with Gasteiger partial charge in [0.1, 0.15) is 23.5 Å². The maximum absolute atomic E-state index is 15.0. The van der Waals surface area contributed by atoms with E-state index >= 15 is 4.39 Å². The number of aromatic nitrogens is 1. The molecule has 0 bridgehead atoms. The third-order valence-corrected chi connectivity index (χ3v) is 5.66. The lowest BCUT2D eigenvalue weighted by Crippen LogP contribution is -2.50. The van der Waals surface area contributed by atoms with Crippen LogP contribution in [0.5, 0.6) is 5.75 Å². The van der Waals surface area contributed by atoms with Crippen LogP contribution in [0.2, 0.25) is 0 Å². The molecule has 1 saturated heterocycles. The number of rotatable bonds is 9. The highest BCUT2D eigenvalue weighted by Gasteiger charge is 2.31. The number of amides is 3. The summed E-state index contributed by atoms with van der Waals surface area (Å²) >= 11 is 0. The molecule has 1 aromatic heterocycles. The molecule has 1 aliphatic heterocycles. The van der Waals surface area contributed by atoms with Crippen LogP contribution in [-0.2, 0) is 9.59 Å². The number of H-pyrrole nitrogens is 1. The van der Waals surface area contributed by atoms with Gasteiger partial charge in [-0.1, -0.05) is 19.9 Å². The number of hydrogen-bond acceptors (Lipinski definition) is 5. The van der Waals surface area contributed by atoms with Gasteiger partial charge < -0.3 is 25.7 Å². The molecule has 9 nitrogen and oxygen atoms in total. The predicted molar refractivity (Wildman–Crippen MR) is 119 cm³/mol. The maximum Gasteiger partial charge on any atom is 0.271 e. The lowest BCUT2D eigenvalue weighted by Gasteiger charge is -2.22. The van der Waals surface area contributed by atoms with Crippen LogP contribution < -0.4 is 20.7 Å². The minimum Gasteiger partial charge on any atom is -0.496 e. The Balaban J connectivity index is 1.76. The zero-order valence-corrected chi connectivity index (χ0v) is 18.8. The first kappa shape index (κ1) is 24.0. The van der Waals surface area contributed by atoms with Crippen molar-refractivity contribution in [2.75, 3.05) is 13.7 Å². The highest BCUT2D eigenvalue weighted by molar-refractivity contribution is 6.02. The molecule has 33 heavy (non-hydrogen) atoms. The first-order chi connectivity index (χ1) is 15.7. The highest BCUT2D eigenvalue weighted by Crippen LogP contribution is 2.30. The van der Waals surface area contributed by atoms with Gasteiger partial charge in [-0.3, -0.25) is 14.4 Å². The van der Waals surface area contributed by atoms with Gasteiger partial charge in [0.25, 0.3) is 5.91 Å². The summed E-state index contributed by atoms with van der Waals surface area (Å²) in [6.45, 7) is 4.30. The summed E-state index contributed by atoms with van der Waals surface area (Å²) in [6.07, 6.45) is 1.07. The second kappa shape index (κ2) is 10.3. The van der Waals surface area contributed by atoms with Crippen molar-refractivity contribution in [1.29, 1.82) is 5.26 Å². The average molecular weight is 458 g/mol. The van der Waals surface area contributed by atoms with E-state index in [9.17, 15) is 19.6 Å². The molecular formula is C23H28FN5O4. The van der Waals surface area contributed by atoms with Crippen molar-refractivity contribution in [2.45, 2.75) is 45.2 Å². The van der Waals surface area contributed by atoms with Crippen LogP contribution in [0.1, 0.15) is 43.6 Å². The van der Waals surface area contributed by atoms with Gasteiger partial charge in [0, 0.05) is 12.5 Å². The second-order valence-electron chi connectivity index (χ2n) is 8.56. The van der Waals surface area contributed by atoms with Gasteiger partial charge in [0.2, 0.25) is 11.8 Å². The Morgan fingerprint density at radius 3 is 2.70 bits per heavy atom. The van der Waals surface area contributed by atoms with Crippen molar-refractivity contribution in [3.8, 4) is 11.8 Å². The van der Waals surface area contributed by atoms with E-state index in [4.69, 9.17) is 4.74 Å². The number of aromatic amines is 1. The number of halogens is 1. The van der Waals surface area contributed by atoms with E-state index in [2.05, 4.69) is 20.9 Å². The standard InChI is InChI=1S/C23H28FN5O4/c1-12(2)9-16(22(31)27-14(11-25)10-13-7-8-26-21(13)30)29-23(32)20-19(24)18-15(28-20)5-4-6-17(18)33-3/h4-6,12-14,16,28H,7-10H2,1-3H3,(H,26,30)(H,27,31)(H,29,32)/t13-,14?,16?/m0/s1. The van der Waals surface area contributed by atoms with Gasteiger partial charge in [-0.2, -0.15) is 5.26 Å². The average Bonchev–Trinajstić information content (AvgIpc) is 3.34. The normalized spacial score (nSPS) is 17.3. The highest BCUT2D eigenvalue weighted by atomic mass is 19.1. The van der Waals surface area contributed by atoms with E-state index in [1.54, 1.807) is 18.2 Å². The minimum absolute atomic E-state index is 0.0369. The molecule has 3 amide bonds. The number of ether oxygens (including phenoxy) is 1. The molecule has 1 fully saturated rings. The first-order valence-electron chi connectivity index (χ1n) is 10.9. The van der Waals surface area contributed by atoms with Crippen molar-refractivity contribution >= 4 is 28.6 Å². The van der Waals surface area contributed by atoms with E-state index in [0.717, 1.165) is 0 Å². The molecule has 3 atom stereocenters. The number of hydrogen-bond donors (Lipinski definition) is 4. The smallest absolute Gasteiger partial charge is 0.271 e. The topological polar surface area (TPSA) is 136 Å². The summed E-state index contributed by atoms with van der Waals surface area (Å²) in [6, 6.07) is 5.01. The van der Waals surface area contributed by atoms with Gasteiger partial charge in [-0.25, -0.2) is 4.39 Å². The summed E-state index contributed by atoms with van der Waals surface area (Å²) in [5.74, 6) is -2.28. The van der Waals surface area contributed by atoms with E-state index in [1.165, 1.54) is 7.11 Å². The maximum atomic E-state index is 15.0. The van der Waals surface area contributed by atoms with Crippen LogP contribution in [0.4, 0.5) is 4.39 Å². The number of fused-ring (bicyclic) bond motifs is 1. The van der Waals surface area contributed by atoms with Crippen molar-refractivity contribution in [3.05, 3.63) is 29.7 Å². The number of nitriles is 1. The predicted octanol–water partition coefficient (Wildman–Crippen LogP) is 1.99. The van der Waals surface area contributed by atoms with E-state index in [1.807, 2.05) is 19.9 Å². The molecule has 10 heteroatoms. The fourth-order valence-electron chi connectivity index (χ4n) is 4.01. The number of benzene rings is 1. The second-order valence-corrected chi connectivity index (χ2v) is 8.56. The monoisotopic (exact) mass is 457 g/mol. The first-order valence-corrected chi connectivity index (χ1v) is 10.9. The number of carbonyl (C=O) groups excluding carboxylic acids is 3. The third kappa shape index (κ3) is 5.42. The molecule has 0 spiro atoms. The van der Waals surface area contributed by atoms with E-state index in [0.29, 0.717) is 18.5 Å². The summed E-state index contributed by atoms with van der Waals surface area (Å²) in [7, 11) is 1.41.